The maximum atomic E-state index is 13.1. The zero-order valence-electron chi connectivity index (χ0n) is 15.4. The van der Waals surface area contributed by atoms with Crippen molar-refractivity contribution in [1.82, 2.24) is 35.0 Å². The van der Waals surface area contributed by atoms with Crippen molar-refractivity contribution in [2.24, 2.45) is 0 Å². The molecular weight excluding hydrogens is 373 g/mol. The quantitative estimate of drug-likeness (QED) is 0.564. The Morgan fingerprint density at radius 1 is 1.07 bits per heavy atom. The van der Waals surface area contributed by atoms with Crippen LogP contribution in [0.15, 0.2) is 67.5 Å². The number of nitrogens with one attached hydrogen (secondary N) is 1. The first kappa shape index (κ1) is 18.4. The van der Waals surface area contributed by atoms with Crippen molar-refractivity contribution in [2.45, 2.75) is 13.0 Å². The SMILES string of the molecule is CC(NC(=O)c1cncc(-c2ccc(F)cc2)c1)c1ncnn1-c1ncccn1. The molecule has 4 aromatic rings. The number of carbonyl (C=O) groups excluding carboxylic acids is 1. The molecule has 8 nitrogen and oxygen atoms in total. The molecule has 3 aromatic heterocycles. The van der Waals surface area contributed by atoms with E-state index in [-0.39, 0.29) is 11.7 Å². The van der Waals surface area contributed by atoms with Crippen LogP contribution in [0.25, 0.3) is 17.1 Å². The molecule has 3 heterocycles. The van der Waals surface area contributed by atoms with Gasteiger partial charge in [-0.15, -0.1) is 0 Å². The number of carbonyl (C=O) groups is 1. The Kier molecular flexibility index (Phi) is 5.02. The highest BCUT2D eigenvalue weighted by Crippen LogP contribution is 2.20. The van der Waals surface area contributed by atoms with E-state index in [4.69, 9.17) is 0 Å². The molecule has 1 unspecified atom stereocenters. The van der Waals surface area contributed by atoms with Crippen molar-refractivity contribution in [1.29, 1.82) is 0 Å². The number of nitrogens with zero attached hydrogens (tertiary/aromatic N) is 6. The van der Waals surface area contributed by atoms with E-state index in [2.05, 4.69) is 30.4 Å². The molecule has 0 radical (unpaired) electrons. The summed E-state index contributed by atoms with van der Waals surface area (Å²) in [7, 11) is 0. The average molecular weight is 389 g/mol. The van der Waals surface area contributed by atoms with E-state index in [1.165, 1.54) is 29.3 Å². The van der Waals surface area contributed by atoms with Crippen molar-refractivity contribution < 1.29 is 9.18 Å². The van der Waals surface area contributed by atoms with Crippen LogP contribution in [-0.2, 0) is 0 Å². The maximum Gasteiger partial charge on any atom is 0.253 e. The second-order valence-electron chi connectivity index (χ2n) is 6.24. The Hall–Kier alpha value is -4.01. The number of aromatic nitrogens is 6. The Morgan fingerprint density at radius 2 is 1.83 bits per heavy atom. The molecule has 29 heavy (non-hydrogen) atoms. The summed E-state index contributed by atoms with van der Waals surface area (Å²) in [5.41, 5.74) is 1.86. The van der Waals surface area contributed by atoms with Crippen molar-refractivity contribution in [3.05, 3.63) is 84.7 Å². The molecule has 0 spiro atoms. The molecule has 144 valence electrons. The van der Waals surface area contributed by atoms with Gasteiger partial charge in [0.15, 0.2) is 5.82 Å². The number of amides is 1. The van der Waals surface area contributed by atoms with Crippen LogP contribution in [0, 0.1) is 5.82 Å². The number of hydrogen-bond acceptors (Lipinski definition) is 6. The summed E-state index contributed by atoms with van der Waals surface area (Å²) in [6, 6.07) is 8.95. The molecule has 0 aliphatic rings. The van der Waals surface area contributed by atoms with Crippen LogP contribution in [-0.4, -0.2) is 35.6 Å². The first-order chi connectivity index (χ1) is 14.1. The molecule has 0 saturated heterocycles. The highest BCUT2D eigenvalue weighted by molar-refractivity contribution is 5.95. The predicted octanol–water partition coefficient (Wildman–Crippen LogP) is 2.75. The summed E-state index contributed by atoms with van der Waals surface area (Å²) in [5, 5.41) is 7.01. The molecule has 0 bridgehead atoms. The van der Waals surface area contributed by atoms with E-state index in [9.17, 15) is 9.18 Å². The van der Waals surface area contributed by atoms with Crippen molar-refractivity contribution in [2.75, 3.05) is 0 Å². The van der Waals surface area contributed by atoms with Gasteiger partial charge in [-0.3, -0.25) is 9.78 Å². The predicted molar refractivity (Wildman–Crippen MR) is 102 cm³/mol. The molecule has 1 N–H and O–H groups in total. The average Bonchev–Trinajstić information content (AvgIpc) is 3.25. The lowest BCUT2D eigenvalue weighted by atomic mass is 10.1. The largest absolute Gasteiger partial charge is 0.342 e. The third kappa shape index (κ3) is 3.98. The number of pyridine rings is 1. The minimum absolute atomic E-state index is 0.322. The molecular formula is C20H16FN7O. The Balaban J connectivity index is 1.54. The Bertz CT molecular complexity index is 1130. The summed E-state index contributed by atoms with van der Waals surface area (Å²) >= 11 is 0. The lowest BCUT2D eigenvalue weighted by molar-refractivity contribution is 0.0937. The van der Waals surface area contributed by atoms with E-state index < -0.39 is 6.04 Å². The fourth-order valence-corrected chi connectivity index (χ4v) is 2.81. The molecule has 4 rings (SSSR count). The third-order valence-corrected chi connectivity index (χ3v) is 4.23. The zero-order chi connectivity index (χ0) is 20.2. The molecule has 1 atom stereocenters. The number of benzene rings is 1. The van der Waals surface area contributed by atoms with Crippen LogP contribution in [0.2, 0.25) is 0 Å². The molecule has 1 amide bonds. The van der Waals surface area contributed by atoms with Crippen LogP contribution in [0.3, 0.4) is 0 Å². The molecule has 0 saturated carbocycles. The van der Waals surface area contributed by atoms with Gasteiger partial charge >= 0.3 is 0 Å². The van der Waals surface area contributed by atoms with Gasteiger partial charge in [-0.05, 0) is 36.8 Å². The summed E-state index contributed by atoms with van der Waals surface area (Å²) in [4.78, 5) is 29.4. The Morgan fingerprint density at radius 3 is 2.59 bits per heavy atom. The van der Waals surface area contributed by atoms with Crippen LogP contribution < -0.4 is 5.32 Å². The molecule has 0 aliphatic carbocycles. The smallest absolute Gasteiger partial charge is 0.253 e. The van der Waals surface area contributed by atoms with Gasteiger partial charge in [0.1, 0.15) is 12.1 Å². The Labute approximate surface area is 165 Å². The van der Waals surface area contributed by atoms with Gasteiger partial charge in [-0.25, -0.2) is 19.3 Å². The van der Waals surface area contributed by atoms with E-state index in [1.54, 1.807) is 49.8 Å². The summed E-state index contributed by atoms with van der Waals surface area (Å²) in [5.74, 6) is 0.210. The fourth-order valence-electron chi connectivity index (χ4n) is 2.81. The molecule has 9 heteroatoms. The van der Waals surface area contributed by atoms with Gasteiger partial charge in [0, 0.05) is 30.4 Å². The topological polar surface area (TPSA) is 98.5 Å². The maximum absolute atomic E-state index is 13.1. The first-order valence-corrected chi connectivity index (χ1v) is 8.81. The van der Waals surface area contributed by atoms with Gasteiger partial charge in [-0.1, -0.05) is 12.1 Å². The van der Waals surface area contributed by atoms with E-state index in [0.717, 1.165) is 5.56 Å². The van der Waals surface area contributed by atoms with Gasteiger partial charge < -0.3 is 5.32 Å². The summed E-state index contributed by atoms with van der Waals surface area (Å²) in [6.45, 7) is 1.79. The van der Waals surface area contributed by atoms with E-state index >= 15 is 0 Å². The number of hydrogen-bond donors (Lipinski definition) is 1. The minimum Gasteiger partial charge on any atom is -0.342 e. The molecule has 1 aromatic carbocycles. The second-order valence-corrected chi connectivity index (χ2v) is 6.24. The first-order valence-electron chi connectivity index (χ1n) is 8.81. The van der Waals surface area contributed by atoms with Crippen LogP contribution in [0.4, 0.5) is 4.39 Å². The highest BCUT2D eigenvalue weighted by atomic mass is 19.1. The zero-order valence-corrected chi connectivity index (χ0v) is 15.4. The molecule has 0 fully saturated rings. The third-order valence-electron chi connectivity index (χ3n) is 4.23. The monoisotopic (exact) mass is 389 g/mol. The van der Waals surface area contributed by atoms with Gasteiger partial charge in [0.05, 0.1) is 11.6 Å². The summed E-state index contributed by atoms with van der Waals surface area (Å²) < 4.78 is 14.6. The lowest BCUT2D eigenvalue weighted by Gasteiger charge is -2.14. The van der Waals surface area contributed by atoms with Gasteiger partial charge in [0.25, 0.3) is 11.9 Å². The molecule has 0 aliphatic heterocycles. The van der Waals surface area contributed by atoms with Gasteiger partial charge in [-0.2, -0.15) is 9.78 Å². The minimum atomic E-state index is -0.455. The van der Waals surface area contributed by atoms with Gasteiger partial charge in [0.2, 0.25) is 0 Å². The second kappa shape index (κ2) is 7.93. The van der Waals surface area contributed by atoms with E-state index in [0.29, 0.717) is 22.9 Å². The summed E-state index contributed by atoms with van der Waals surface area (Å²) in [6.07, 6.45) is 7.68. The standard InChI is InChI=1S/C20H16FN7O/c1-13(18-25-12-26-28(18)20-23-7-2-8-24-20)27-19(29)16-9-15(10-22-11-16)14-3-5-17(21)6-4-14/h2-13H,1H3,(H,27,29). The number of rotatable bonds is 5. The fraction of sp³-hybridized carbons (Fsp3) is 0.100. The van der Waals surface area contributed by atoms with Crippen molar-refractivity contribution >= 4 is 5.91 Å². The van der Waals surface area contributed by atoms with Crippen LogP contribution in [0.5, 0.6) is 0 Å². The van der Waals surface area contributed by atoms with Crippen LogP contribution in [0.1, 0.15) is 29.1 Å². The highest BCUT2D eigenvalue weighted by Gasteiger charge is 2.19. The van der Waals surface area contributed by atoms with Crippen molar-refractivity contribution in [3.63, 3.8) is 0 Å². The normalized spacial score (nSPS) is 11.8. The van der Waals surface area contributed by atoms with Crippen LogP contribution >= 0.6 is 0 Å². The van der Waals surface area contributed by atoms with E-state index in [1.807, 2.05) is 0 Å². The lowest BCUT2D eigenvalue weighted by Crippen LogP contribution is -2.29. The number of halogens is 1. The van der Waals surface area contributed by atoms with Crippen molar-refractivity contribution in [3.8, 4) is 17.1 Å².